The summed E-state index contributed by atoms with van der Waals surface area (Å²) in [6, 6.07) is 6.77. The lowest BCUT2D eigenvalue weighted by Crippen LogP contribution is -2.26. The van der Waals surface area contributed by atoms with Gasteiger partial charge in [-0.15, -0.1) is 0 Å². The monoisotopic (exact) mass is 263 g/mol. The Kier molecular flexibility index (Phi) is 4.19. The highest BCUT2D eigenvalue weighted by atomic mass is 16.4. The maximum absolute atomic E-state index is 11.4. The van der Waals surface area contributed by atoms with Gasteiger partial charge in [0, 0.05) is 36.3 Å². The molecule has 0 amide bonds. The number of hydrogen-bond acceptors (Lipinski definition) is 5. The second-order valence-corrected chi connectivity index (χ2v) is 4.23. The van der Waals surface area contributed by atoms with Crippen molar-refractivity contribution in [3.63, 3.8) is 0 Å². The van der Waals surface area contributed by atoms with Crippen LogP contribution in [0.3, 0.4) is 0 Å². The van der Waals surface area contributed by atoms with Crippen LogP contribution in [0.15, 0.2) is 33.5 Å². The topological polar surface area (TPSA) is 73.9 Å². The summed E-state index contributed by atoms with van der Waals surface area (Å²) in [5.41, 5.74) is 1.41. The maximum Gasteiger partial charge on any atom is 0.336 e. The number of fused-ring (bicyclic) bond motifs is 1. The molecule has 19 heavy (non-hydrogen) atoms. The molecule has 1 heterocycles. The maximum atomic E-state index is 11.4. The summed E-state index contributed by atoms with van der Waals surface area (Å²) in [5, 5.41) is 19.0. The molecule has 0 aliphatic carbocycles. The zero-order valence-corrected chi connectivity index (χ0v) is 10.8. The van der Waals surface area contributed by atoms with Crippen LogP contribution in [-0.4, -0.2) is 29.9 Å². The van der Waals surface area contributed by atoms with Gasteiger partial charge in [-0.3, -0.25) is 0 Å². The predicted octanol–water partition coefficient (Wildman–Crippen LogP) is 1.10. The number of rotatable bonds is 5. The predicted molar refractivity (Wildman–Crippen MR) is 73.4 cm³/mol. The van der Waals surface area contributed by atoms with Gasteiger partial charge in [0.1, 0.15) is 5.58 Å². The molecule has 0 aliphatic rings. The molecule has 2 N–H and O–H groups in total. The molecular weight excluding hydrogens is 246 g/mol. The number of likely N-dealkylation sites (N-methyl/N-ethyl adjacent to an activating group) is 1. The van der Waals surface area contributed by atoms with Crippen molar-refractivity contribution in [1.29, 1.82) is 0 Å². The van der Waals surface area contributed by atoms with Crippen molar-refractivity contribution >= 4 is 16.7 Å². The first-order valence-electron chi connectivity index (χ1n) is 6.23. The smallest absolute Gasteiger partial charge is 0.336 e. The Balaban J connectivity index is 2.53. The number of anilines is 1. The molecule has 0 saturated carbocycles. The lowest BCUT2D eigenvalue weighted by atomic mass is 10.1. The van der Waals surface area contributed by atoms with E-state index in [9.17, 15) is 9.90 Å². The summed E-state index contributed by atoms with van der Waals surface area (Å²) in [5.74, 6) is 0. The summed E-state index contributed by atoms with van der Waals surface area (Å²) in [6.45, 7) is 3.12. The number of nitrogens with zero attached hydrogens (tertiary/aromatic N) is 1. The van der Waals surface area contributed by atoms with Crippen LogP contribution in [0.2, 0.25) is 0 Å². The molecule has 5 nitrogen and oxygen atoms in total. The van der Waals surface area contributed by atoms with E-state index in [0.717, 1.165) is 17.6 Å². The first-order chi connectivity index (χ1) is 9.19. The number of aliphatic hydroxyl groups is 2. The van der Waals surface area contributed by atoms with E-state index < -0.39 is 5.63 Å². The largest absolute Gasteiger partial charge is 0.423 e. The Hall–Kier alpha value is -1.85. The highest BCUT2D eigenvalue weighted by Gasteiger charge is 2.09. The number of aliphatic hydroxyl groups excluding tert-OH is 2. The van der Waals surface area contributed by atoms with Gasteiger partial charge >= 0.3 is 5.63 Å². The lowest BCUT2D eigenvalue weighted by Gasteiger charge is -2.22. The first kappa shape index (κ1) is 13.6. The van der Waals surface area contributed by atoms with Gasteiger partial charge in [0.2, 0.25) is 0 Å². The van der Waals surface area contributed by atoms with Crippen LogP contribution in [0.25, 0.3) is 11.0 Å². The van der Waals surface area contributed by atoms with Gasteiger partial charge < -0.3 is 19.5 Å². The third-order valence-corrected chi connectivity index (χ3v) is 3.10. The Bertz CT molecular complexity index is 620. The van der Waals surface area contributed by atoms with Crippen LogP contribution in [0.1, 0.15) is 12.5 Å². The Labute approximate surface area is 110 Å². The van der Waals surface area contributed by atoms with E-state index in [1.54, 1.807) is 6.07 Å². The number of benzene rings is 1. The van der Waals surface area contributed by atoms with Gasteiger partial charge in [0.25, 0.3) is 0 Å². The van der Waals surface area contributed by atoms with Gasteiger partial charge in [-0.2, -0.15) is 0 Å². The van der Waals surface area contributed by atoms with E-state index in [0.29, 0.717) is 17.7 Å². The van der Waals surface area contributed by atoms with Crippen molar-refractivity contribution < 1.29 is 14.6 Å². The molecule has 2 rings (SSSR count). The highest BCUT2D eigenvalue weighted by Crippen LogP contribution is 2.23. The molecular formula is C14H17NO4. The third-order valence-electron chi connectivity index (χ3n) is 3.10. The van der Waals surface area contributed by atoms with E-state index in [1.807, 2.05) is 24.0 Å². The average Bonchev–Trinajstić information content (AvgIpc) is 2.43. The summed E-state index contributed by atoms with van der Waals surface area (Å²) in [4.78, 5) is 13.4. The van der Waals surface area contributed by atoms with Crippen LogP contribution < -0.4 is 10.5 Å². The molecule has 5 heteroatoms. The second-order valence-electron chi connectivity index (χ2n) is 4.23. The molecule has 1 aromatic heterocycles. The van der Waals surface area contributed by atoms with Crippen LogP contribution in [0, 0.1) is 0 Å². The van der Waals surface area contributed by atoms with E-state index in [2.05, 4.69) is 0 Å². The fourth-order valence-corrected chi connectivity index (χ4v) is 2.14. The summed E-state index contributed by atoms with van der Waals surface area (Å²) in [6.07, 6.45) is 0. The first-order valence-corrected chi connectivity index (χ1v) is 6.23. The minimum absolute atomic E-state index is 0.0620. The van der Waals surface area contributed by atoms with Crippen LogP contribution >= 0.6 is 0 Å². The molecule has 0 saturated heterocycles. The molecule has 0 bridgehead atoms. The van der Waals surface area contributed by atoms with E-state index >= 15 is 0 Å². The molecule has 0 radical (unpaired) electrons. The van der Waals surface area contributed by atoms with Gasteiger partial charge in [0.05, 0.1) is 13.2 Å². The fourth-order valence-electron chi connectivity index (χ4n) is 2.14. The number of hydrogen-bond donors (Lipinski definition) is 2. The highest BCUT2D eigenvalue weighted by molar-refractivity contribution is 5.83. The molecule has 0 atom stereocenters. The van der Waals surface area contributed by atoms with Gasteiger partial charge in [-0.05, 0) is 24.6 Å². The van der Waals surface area contributed by atoms with E-state index in [4.69, 9.17) is 9.52 Å². The van der Waals surface area contributed by atoms with Crippen LogP contribution in [0.5, 0.6) is 0 Å². The molecule has 2 aromatic rings. The van der Waals surface area contributed by atoms with E-state index in [-0.39, 0.29) is 13.2 Å². The Morgan fingerprint density at radius 2 is 2.05 bits per heavy atom. The fraction of sp³-hybridized carbons (Fsp3) is 0.357. The normalized spacial score (nSPS) is 10.9. The minimum atomic E-state index is -0.473. The van der Waals surface area contributed by atoms with Crippen molar-refractivity contribution in [1.82, 2.24) is 0 Å². The summed E-state index contributed by atoms with van der Waals surface area (Å²) in [7, 11) is 0. The average molecular weight is 263 g/mol. The van der Waals surface area contributed by atoms with Crippen LogP contribution in [0.4, 0.5) is 5.69 Å². The van der Waals surface area contributed by atoms with Gasteiger partial charge in [0.15, 0.2) is 0 Å². The zero-order valence-electron chi connectivity index (χ0n) is 10.8. The summed E-state index contributed by atoms with van der Waals surface area (Å²) >= 11 is 0. The van der Waals surface area contributed by atoms with Crippen molar-refractivity contribution in [3.05, 3.63) is 40.2 Å². The van der Waals surface area contributed by atoms with Crippen molar-refractivity contribution in [2.24, 2.45) is 0 Å². The molecule has 0 aliphatic heterocycles. The quantitative estimate of drug-likeness (QED) is 0.790. The molecule has 1 aromatic carbocycles. The SMILES string of the molecule is CCN(CCO)c1ccc2c(CO)cc(=O)oc2c1. The minimum Gasteiger partial charge on any atom is -0.423 e. The van der Waals surface area contributed by atoms with Crippen molar-refractivity contribution in [3.8, 4) is 0 Å². The van der Waals surface area contributed by atoms with E-state index in [1.165, 1.54) is 6.07 Å². The van der Waals surface area contributed by atoms with Crippen molar-refractivity contribution in [2.75, 3.05) is 24.6 Å². The molecule has 102 valence electrons. The summed E-state index contributed by atoms with van der Waals surface area (Å²) < 4.78 is 5.16. The Morgan fingerprint density at radius 3 is 2.68 bits per heavy atom. The van der Waals surface area contributed by atoms with Crippen molar-refractivity contribution in [2.45, 2.75) is 13.5 Å². The lowest BCUT2D eigenvalue weighted by molar-refractivity contribution is 0.282. The molecule has 0 spiro atoms. The standard InChI is InChI=1S/C14H17NO4/c1-2-15(5-6-16)11-3-4-12-10(9-17)7-14(18)19-13(12)8-11/h3-4,7-8,16-17H,2,5-6,9H2,1H3. The third kappa shape index (κ3) is 2.77. The molecule has 0 unspecified atom stereocenters. The van der Waals surface area contributed by atoms with Gasteiger partial charge in [-0.25, -0.2) is 4.79 Å². The zero-order chi connectivity index (χ0) is 13.8. The van der Waals surface area contributed by atoms with Crippen LogP contribution in [-0.2, 0) is 6.61 Å². The molecule has 0 fully saturated rings. The Morgan fingerprint density at radius 1 is 1.26 bits per heavy atom. The van der Waals surface area contributed by atoms with Gasteiger partial charge in [-0.1, -0.05) is 0 Å². The second kappa shape index (κ2) is 5.86.